The van der Waals surface area contributed by atoms with Crippen molar-refractivity contribution in [3.05, 3.63) is 72.8 Å². The largest absolute Gasteiger partial charge is 0.497 e. The zero-order valence-electron chi connectivity index (χ0n) is 20.8. The molecule has 0 aromatic heterocycles. The monoisotopic (exact) mass is 547 g/mol. The third-order valence-electron chi connectivity index (χ3n) is 5.27. The molecule has 0 radical (unpaired) electrons. The highest BCUT2D eigenvalue weighted by Crippen LogP contribution is 2.25. The lowest BCUT2D eigenvalue weighted by Gasteiger charge is -2.28. The summed E-state index contributed by atoms with van der Waals surface area (Å²) in [6, 6.07) is 17.2. The van der Waals surface area contributed by atoms with E-state index < -0.39 is 32.0 Å². The molecule has 1 unspecified atom stereocenters. The van der Waals surface area contributed by atoms with Crippen LogP contribution in [0.25, 0.3) is 0 Å². The zero-order chi connectivity index (χ0) is 27.2. The number of nitrogens with zero attached hydrogens (tertiary/aromatic N) is 1. The van der Waals surface area contributed by atoms with E-state index in [0.717, 1.165) is 10.6 Å². The Morgan fingerprint density at radius 1 is 0.865 bits per heavy atom. The van der Waals surface area contributed by atoms with E-state index in [1.165, 1.54) is 38.3 Å². The van der Waals surface area contributed by atoms with Crippen LogP contribution in [0, 0.1) is 0 Å². The van der Waals surface area contributed by atoms with Gasteiger partial charge >= 0.3 is 0 Å². The second kappa shape index (κ2) is 11.5. The van der Waals surface area contributed by atoms with Crippen LogP contribution in [0.15, 0.2) is 77.7 Å². The van der Waals surface area contributed by atoms with Gasteiger partial charge < -0.3 is 14.8 Å². The maximum Gasteiger partial charge on any atom is 0.261 e. The second-order valence-electron chi connectivity index (χ2n) is 8.01. The van der Waals surface area contributed by atoms with Crippen molar-refractivity contribution in [2.45, 2.75) is 24.8 Å². The van der Waals surface area contributed by atoms with Crippen LogP contribution in [0.3, 0.4) is 0 Å². The number of hydrogen-bond donors (Lipinski definition) is 2. The minimum atomic E-state index is -3.87. The van der Waals surface area contributed by atoms with Crippen LogP contribution in [-0.4, -0.2) is 48.8 Å². The average molecular weight is 548 g/mol. The van der Waals surface area contributed by atoms with Gasteiger partial charge in [0, 0.05) is 11.4 Å². The number of rotatable bonds is 11. The summed E-state index contributed by atoms with van der Waals surface area (Å²) < 4.78 is 64.4. The molecule has 198 valence electrons. The van der Waals surface area contributed by atoms with Crippen molar-refractivity contribution in [2.24, 2.45) is 0 Å². The minimum absolute atomic E-state index is 0.0125. The molecule has 37 heavy (non-hydrogen) atoms. The Hall–Kier alpha value is -3.77. The third-order valence-corrected chi connectivity index (χ3v) is 7.90. The normalized spacial score (nSPS) is 12.3. The Morgan fingerprint density at radius 2 is 1.41 bits per heavy atom. The van der Waals surface area contributed by atoms with E-state index in [4.69, 9.17) is 9.47 Å². The van der Waals surface area contributed by atoms with Crippen molar-refractivity contribution in [1.29, 1.82) is 0 Å². The molecule has 0 heterocycles. The average Bonchev–Trinajstić information content (AvgIpc) is 2.85. The first kappa shape index (κ1) is 27.8. The van der Waals surface area contributed by atoms with Gasteiger partial charge in [-0.1, -0.05) is 0 Å². The summed E-state index contributed by atoms with van der Waals surface area (Å²) in [5.41, 5.74) is 0.974. The first-order valence-electron chi connectivity index (χ1n) is 11.2. The van der Waals surface area contributed by atoms with E-state index in [1.807, 2.05) is 6.92 Å². The van der Waals surface area contributed by atoms with Gasteiger partial charge in [-0.15, -0.1) is 0 Å². The van der Waals surface area contributed by atoms with Gasteiger partial charge in [-0.3, -0.25) is 13.8 Å². The molecule has 12 heteroatoms. The fourth-order valence-corrected chi connectivity index (χ4v) is 5.74. The number of nitrogens with one attached hydrogen (secondary N) is 2. The number of sulfonamides is 2. The van der Waals surface area contributed by atoms with E-state index in [1.54, 1.807) is 48.5 Å². The third kappa shape index (κ3) is 7.14. The van der Waals surface area contributed by atoms with Crippen LogP contribution in [0.1, 0.15) is 13.8 Å². The molecule has 0 bridgehead atoms. The molecule has 3 rings (SSSR count). The Morgan fingerprint density at radius 3 is 1.92 bits per heavy atom. The van der Waals surface area contributed by atoms with Crippen LogP contribution >= 0.6 is 0 Å². The SMILES string of the molecule is CCOc1ccc(N(C(C)C(=O)Nc2ccc(S(=O)(=O)Nc3ccc(OC)cc3)cc2)S(C)(=O)=O)cc1. The molecule has 0 saturated heterocycles. The highest BCUT2D eigenvalue weighted by Gasteiger charge is 2.29. The minimum Gasteiger partial charge on any atom is -0.497 e. The molecule has 0 aliphatic heterocycles. The highest BCUT2D eigenvalue weighted by molar-refractivity contribution is 7.92. The molecule has 10 nitrogen and oxygen atoms in total. The number of ether oxygens (including phenoxy) is 2. The van der Waals surface area contributed by atoms with Crippen molar-refractivity contribution in [1.82, 2.24) is 0 Å². The summed E-state index contributed by atoms with van der Waals surface area (Å²) in [7, 11) is -6.16. The number of anilines is 3. The van der Waals surface area contributed by atoms with Crippen molar-refractivity contribution in [3.63, 3.8) is 0 Å². The van der Waals surface area contributed by atoms with Gasteiger partial charge in [-0.25, -0.2) is 16.8 Å². The quantitative estimate of drug-likeness (QED) is 0.374. The molecule has 3 aromatic carbocycles. The summed E-state index contributed by atoms with van der Waals surface area (Å²) in [6.07, 6.45) is 1.02. The van der Waals surface area contributed by atoms with Crippen molar-refractivity contribution in [2.75, 3.05) is 34.3 Å². The molecule has 3 aromatic rings. The van der Waals surface area contributed by atoms with E-state index >= 15 is 0 Å². The predicted molar refractivity (Wildman–Crippen MR) is 143 cm³/mol. The molecule has 0 aliphatic rings. The Kier molecular flexibility index (Phi) is 8.66. The van der Waals surface area contributed by atoms with Crippen LogP contribution in [0.5, 0.6) is 11.5 Å². The van der Waals surface area contributed by atoms with E-state index in [-0.39, 0.29) is 4.90 Å². The molecular formula is C25H29N3O7S2. The Bertz CT molecular complexity index is 1420. The Labute approximate surface area is 217 Å². The van der Waals surface area contributed by atoms with Crippen LogP contribution < -0.4 is 23.8 Å². The molecule has 1 atom stereocenters. The lowest BCUT2D eigenvalue weighted by molar-refractivity contribution is -0.116. The zero-order valence-corrected chi connectivity index (χ0v) is 22.5. The fraction of sp³-hybridized carbons (Fsp3) is 0.240. The maximum absolute atomic E-state index is 12.9. The highest BCUT2D eigenvalue weighted by atomic mass is 32.2. The smallest absolute Gasteiger partial charge is 0.261 e. The van der Waals surface area contributed by atoms with E-state index in [9.17, 15) is 21.6 Å². The van der Waals surface area contributed by atoms with Crippen molar-refractivity contribution < 1.29 is 31.1 Å². The van der Waals surface area contributed by atoms with Gasteiger partial charge in [-0.05, 0) is 86.6 Å². The summed E-state index contributed by atoms with van der Waals surface area (Å²) in [5.74, 6) is 0.578. The molecule has 2 N–H and O–H groups in total. The number of carbonyl (C=O) groups excluding carboxylic acids is 1. The van der Waals surface area contributed by atoms with Gasteiger partial charge in [0.25, 0.3) is 10.0 Å². The van der Waals surface area contributed by atoms with Gasteiger partial charge in [0.1, 0.15) is 17.5 Å². The van der Waals surface area contributed by atoms with Gasteiger partial charge in [-0.2, -0.15) is 0 Å². The summed E-state index contributed by atoms with van der Waals surface area (Å²) in [4.78, 5) is 12.9. The standard InChI is InChI=1S/C25H29N3O7S2/c1-5-35-23-14-10-21(11-15-23)28(36(4,30)31)18(2)25(29)26-19-8-16-24(17-9-19)37(32,33)27-20-6-12-22(34-3)13-7-20/h6-18,27H,5H2,1-4H3,(H,26,29). The van der Waals surface area contributed by atoms with Crippen molar-refractivity contribution >= 4 is 43.0 Å². The van der Waals surface area contributed by atoms with E-state index in [0.29, 0.717) is 35.2 Å². The summed E-state index contributed by atoms with van der Waals surface area (Å²) >= 11 is 0. The number of hydrogen-bond acceptors (Lipinski definition) is 7. The summed E-state index contributed by atoms with van der Waals surface area (Å²) in [5, 5.41) is 2.64. The van der Waals surface area contributed by atoms with Crippen LogP contribution in [0.2, 0.25) is 0 Å². The van der Waals surface area contributed by atoms with Gasteiger partial charge in [0.05, 0.1) is 30.6 Å². The topological polar surface area (TPSA) is 131 Å². The molecule has 1 amide bonds. The van der Waals surface area contributed by atoms with Gasteiger partial charge in [0.2, 0.25) is 15.9 Å². The lowest BCUT2D eigenvalue weighted by atomic mass is 10.2. The first-order valence-corrected chi connectivity index (χ1v) is 14.6. The molecular weight excluding hydrogens is 518 g/mol. The van der Waals surface area contributed by atoms with Crippen molar-refractivity contribution in [3.8, 4) is 11.5 Å². The second-order valence-corrected chi connectivity index (χ2v) is 11.6. The van der Waals surface area contributed by atoms with Crippen LogP contribution in [0.4, 0.5) is 17.1 Å². The van der Waals surface area contributed by atoms with E-state index in [2.05, 4.69) is 10.0 Å². The number of carbonyl (C=O) groups is 1. The molecule has 0 spiro atoms. The number of benzene rings is 3. The fourth-order valence-electron chi connectivity index (χ4n) is 3.50. The molecule has 0 fully saturated rings. The maximum atomic E-state index is 12.9. The van der Waals surface area contributed by atoms with Gasteiger partial charge in [0.15, 0.2) is 0 Å². The van der Waals surface area contributed by atoms with Crippen LogP contribution in [-0.2, 0) is 24.8 Å². The number of amides is 1. The first-order chi connectivity index (χ1) is 17.4. The predicted octanol–water partition coefficient (Wildman–Crippen LogP) is 3.69. The molecule has 0 aliphatic carbocycles. The lowest BCUT2D eigenvalue weighted by Crippen LogP contribution is -2.45. The molecule has 0 saturated carbocycles. The Balaban J connectivity index is 1.73. The number of methoxy groups -OCH3 is 1. The summed E-state index contributed by atoms with van der Waals surface area (Å²) in [6.45, 7) is 3.76.